The summed E-state index contributed by atoms with van der Waals surface area (Å²) in [7, 11) is 1.38. The van der Waals surface area contributed by atoms with E-state index in [0.717, 1.165) is 25.2 Å². The van der Waals surface area contributed by atoms with Crippen LogP contribution < -0.4 is 0 Å². The largest absolute Gasteiger partial charge is 0.465 e. The number of carbonyl (C=O) groups is 2. The molecule has 0 N–H and O–H groups in total. The van der Waals surface area contributed by atoms with Gasteiger partial charge in [-0.05, 0) is 43.7 Å². The molecule has 0 unspecified atom stereocenters. The predicted molar refractivity (Wildman–Crippen MR) is 102 cm³/mol. The highest BCUT2D eigenvalue weighted by Gasteiger charge is 2.33. The van der Waals surface area contributed by atoms with Crippen LogP contribution >= 0.6 is 0 Å². The predicted octanol–water partition coefficient (Wildman–Crippen LogP) is 2.60. The number of benzene rings is 1. The molecular formula is C21H25N3O3. The van der Waals surface area contributed by atoms with Crippen molar-refractivity contribution in [2.45, 2.75) is 32.5 Å². The molecule has 1 aromatic carbocycles. The zero-order valence-corrected chi connectivity index (χ0v) is 16.0. The fraction of sp³-hybridized carbons (Fsp3) is 0.381. The number of amides is 1. The summed E-state index contributed by atoms with van der Waals surface area (Å²) >= 11 is 0. The van der Waals surface area contributed by atoms with E-state index in [1.165, 1.54) is 7.11 Å². The Bertz CT molecular complexity index is 780. The first-order chi connectivity index (χ1) is 13.0. The molecule has 1 saturated heterocycles. The molecule has 0 bridgehead atoms. The van der Waals surface area contributed by atoms with Gasteiger partial charge in [0.05, 0.1) is 12.7 Å². The molecule has 1 aliphatic heterocycles. The van der Waals surface area contributed by atoms with Crippen LogP contribution in [-0.4, -0.2) is 58.9 Å². The Balaban J connectivity index is 1.65. The van der Waals surface area contributed by atoms with Gasteiger partial charge in [0.15, 0.2) is 0 Å². The maximum absolute atomic E-state index is 12.8. The van der Waals surface area contributed by atoms with E-state index in [0.29, 0.717) is 11.3 Å². The van der Waals surface area contributed by atoms with Crippen LogP contribution in [0.4, 0.5) is 0 Å². The molecule has 6 nitrogen and oxygen atoms in total. The molecule has 3 rings (SSSR count). The number of carbonyl (C=O) groups excluding carboxylic acids is 2. The molecule has 0 saturated carbocycles. The van der Waals surface area contributed by atoms with Crippen LogP contribution in [0.3, 0.4) is 0 Å². The summed E-state index contributed by atoms with van der Waals surface area (Å²) in [6, 6.07) is 13.1. The van der Waals surface area contributed by atoms with Crippen LogP contribution in [0.25, 0.3) is 0 Å². The lowest BCUT2D eigenvalue weighted by Gasteiger charge is -2.44. The number of hydrogen-bond acceptors (Lipinski definition) is 5. The average molecular weight is 367 g/mol. The van der Waals surface area contributed by atoms with Gasteiger partial charge in [0.1, 0.15) is 5.69 Å². The van der Waals surface area contributed by atoms with Gasteiger partial charge in [-0.3, -0.25) is 14.7 Å². The van der Waals surface area contributed by atoms with E-state index in [1.54, 1.807) is 24.4 Å². The summed E-state index contributed by atoms with van der Waals surface area (Å²) in [4.78, 5) is 32.8. The van der Waals surface area contributed by atoms with Gasteiger partial charge in [-0.1, -0.05) is 18.2 Å². The highest BCUT2D eigenvalue weighted by atomic mass is 16.5. The molecule has 2 atom stereocenters. The first-order valence-corrected chi connectivity index (χ1v) is 9.13. The Hall–Kier alpha value is -2.73. The number of nitrogens with zero attached hydrogens (tertiary/aromatic N) is 3. The van der Waals surface area contributed by atoms with Crippen LogP contribution in [0, 0.1) is 0 Å². The van der Waals surface area contributed by atoms with Gasteiger partial charge in [-0.25, -0.2) is 4.79 Å². The Kier molecular flexibility index (Phi) is 5.86. The molecule has 27 heavy (non-hydrogen) atoms. The van der Waals surface area contributed by atoms with Crippen molar-refractivity contribution in [1.82, 2.24) is 14.8 Å². The van der Waals surface area contributed by atoms with Crippen LogP contribution in [0.1, 0.15) is 40.3 Å². The van der Waals surface area contributed by atoms with Crippen molar-refractivity contribution in [3.05, 3.63) is 65.5 Å². The molecule has 0 aliphatic carbocycles. The lowest BCUT2D eigenvalue weighted by atomic mass is 10.1. The van der Waals surface area contributed by atoms with Crippen molar-refractivity contribution in [3.8, 4) is 0 Å². The third-order valence-corrected chi connectivity index (χ3v) is 4.89. The van der Waals surface area contributed by atoms with Crippen molar-refractivity contribution in [2.24, 2.45) is 0 Å². The van der Waals surface area contributed by atoms with Gasteiger partial charge in [0.2, 0.25) is 0 Å². The minimum Gasteiger partial charge on any atom is -0.465 e. The standard InChI is InChI=1S/C21H25N3O3/c1-15-12-23(14-17-7-9-18(10-8-17)21(26)27-3)13-16(2)24(15)20(25)19-6-4-5-11-22-19/h4-11,15-16H,12-14H2,1-3H3/t15-,16+. The van der Waals surface area contributed by atoms with E-state index in [9.17, 15) is 9.59 Å². The Morgan fingerprint density at radius 2 is 1.74 bits per heavy atom. The Morgan fingerprint density at radius 1 is 1.07 bits per heavy atom. The van der Waals surface area contributed by atoms with Gasteiger partial charge >= 0.3 is 5.97 Å². The van der Waals surface area contributed by atoms with Crippen molar-refractivity contribution in [1.29, 1.82) is 0 Å². The van der Waals surface area contributed by atoms with E-state index in [-0.39, 0.29) is 24.0 Å². The lowest BCUT2D eigenvalue weighted by Crippen LogP contribution is -2.58. The molecule has 2 aromatic rings. The monoisotopic (exact) mass is 367 g/mol. The normalized spacial score (nSPS) is 20.3. The van der Waals surface area contributed by atoms with Gasteiger partial charge in [-0.2, -0.15) is 0 Å². The highest BCUT2D eigenvalue weighted by molar-refractivity contribution is 5.92. The minimum atomic E-state index is -0.328. The van der Waals surface area contributed by atoms with E-state index in [2.05, 4.69) is 23.7 Å². The zero-order valence-electron chi connectivity index (χ0n) is 16.0. The molecule has 1 fully saturated rings. The molecule has 2 heterocycles. The van der Waals surface area contributed by atoms with E-state index >= 15 is 0 Å². The maximum atomic E-state index is 12.8. The zero-order chi connectivity index (χ0) is 19.4. The third kappa shape index (κ3) is 4.34. The number of ether oxygens (including phenoxy) is 1. The summed E-state index contributed by atoms with van der Waals surface area (Å²) in [6.45, 7) is 6.51. The molecule has 142 valence electrons. The summed E-state index contributed by atoms with van der Waals surface area (Å²) in [5.41, 5.74) is 2.17. The highest BCUT2D eigenvalue weighted by Crippen LogP contribution is 2.20. The number of pyridine rings is 1. The fourth-order valence-corrected chi connectivity index (χ4v) is 3.71. The second-order valence-corrected chi connectivity index (χ2v) is 7.01. The smallest absolute Gasteiger partial charge is 0.337 e. The van der Waals surface area contributed by atoms with Crippen LogP contribution in [-0.2, 0) is 11.3 Å². The van der Waals surface area contributed by atoms with Crippen molar-refractivity contribution < 1.29 is 14.3 Å². The van der Waals surface area contributed by atoms with Gasteiger partial charge < -0.3 is 9.64 Å². The van der Waals surface area contributed by atoms with Crippen LogP contribution in [0.15, 0.2) is 48.7 Å². The summed E-state index contributed by atoms with van der Waals surface area (Å²) in [5.74, 6) is -0.344. The average Bonchev–Trinajstić information content (AvgIpc) is 2.68. The number of esters is 1. The van der Waals surface area contributed by atoms with Gasteiger partial charge in [0.25, 0.3) is 5.91 Å². The molecule has 1 aliphatic rings. The molecular weight excluding hydrogens is 342 g/mol. The Morgan fingerprint density at radius 3 is 2.30 bits per heavy atom. The van der Waals surface area contributed by atoms with Crippen LogP contribution in [0.5, 0.6) is 0 Å². The first-order valence-electron chi connectivity index (χ1n) is 9.13. The van der Waals surface area contributed by atoms with Gasteiger partial charge in [0, 0.05) is 37.9 Å². The van der Waals surface area contributed by atoms with Crippen molar-refractivity contribution in [2.75, 3.05) is 20.2 Å². The number of hydrogen-bond donors (Lipinski definition) is 0. The fourth-order valence-electron chi connectivity index (χ4n) is 3.71. The molecule has 0 spiro atoms. The first kappa shape index (κ1) is 19.0. The summed E-state index contributed by atoms with van der Waals surface area (Å²) in [5, 5.41) is 0. The van der Waals surface area contributed by atoms with Crippen LogP contribution in [0.2, 0.25) is 0 Å². The molecule has 1 aromatic heterocycles. The SMILES string of the molecule is COC(=O)c1ccc(CN2C[C@@H](C)N(C(=O)c3ccccn3)[C@@H](C)C2)cc1. The second-order valence-electron chi connectivity index (χ2n) is 7.01. The van der Waals surface area contributed by atoms with E-state index in [4.69, 9.17) is 4.74 Å². The number of aromatic nitrogens is 1. The maximum Gasteiger partial charge on any atom is 0.337 e. The lowest BCUT2D eigenvalue weighted by molar-refractivity contribution is 0.0263. The second kappa shape index (κ2) is 8.31. The summed E-state index contributed by atoms with van der Waals surface area (Å²) < 4.78 is 4.73. The number of piperazine rings is 1. The van der Waals surface area contributed by atoms with Crippen molar-refractivity contribution in [3.63, 3.8) is 0 Å². The molecule has 1 amide bonds. The van der Waals surface area contributed by atoms with E-state index < -0.39 is 0 Å². The minimum absolute atomic E-state index is 0.0160. The quantitative estimate of drug-likeness (QED) is 0.778. The summed E-state index contributed by atoms with van der Waals surface area (Å²) in [6.07, 6.45) is 1.65. The number of rotatable bonds is 4. The number of methoxy groups -OCH3 is 1. The Labute approximate surface area is 159 Å². The van der Waals surface area contributed by atoms with E-state index in [1.807, 2.05) is 29.2 Å². The molecule has 6 heteroatoms. The molecule has 0 radical (unpaired) electrons. The van der Waals surface area contributed by atoms with Gasteiger partial charge in [-0.15, -0.1) is 0 Å². The van der Waals surface area contributed by atoms with Crippen molar-refractivity contribution >= 4 is 11.9 Å². The topological polar surface area (TPSA) is 62.7 Å². The third-order valence-electron chi connectivity index (χ3n) is 4.89.